The van der Waals surface area contributed by atoms with E-state index in [1.807, 2.05) is 20.8 Å². The molecular formula is C19H36N2O2. The monoisotopic (exact) mass is 324 g/mol. The van der Waals surface area contributed by atoms with Crippen LogP contribution in [0.1, 0.15) is 73.6 Å². The van der Waals surface area contributed by atoms with Gasteiger partial charge in [0, 0.05) is 18.6 Å². The molecular weight excluding hydrogens is 288 g/mol. The number of ether oxygens (including phenoxy) is 1. The molecule has 0 spiro atoms. The minimum absolute atomic E-state index is 0.201. The Bertz CT molecular complexity index is 410. The van der Waals surface area contributed by atoms with Crippen molar-refractivity contribution in [2.75, 3.05) is 6.54 Å². The van der Waals surface area contributed by atoms with Crippen molar-refractivity contribution < 1.29 is 9.53 Å². The summed E-state index contributed by atoms with van der Waals surface area (Å²) in [6.45, 7) is 13.7. The number of hydrogen-bond donors (Lipinski definition) is 2. The number of nitrogens with one attached hydrogen (secondary N) is 2. The first-order valence-corrected chi connectivity index (χ1v) is 9.29. The van der Waals surface area contributed by atoms with Gasteiger partial charge in [-0.2, -0.15) is 0 Å². The average molecular weight is 325 g/mol. The zero-order valence-corrected chi connectivity index (χ0v) is 15.9. The second kappa shape index (κ2) is 7.00. The molecule has 2 saturated carbocycles. The normalized spacial score (nSPS) is 29.0. The first-order chi connectivity index (χ1) is 10.6. The van der Waals surface area contributed by atoms with Crippen LogP contribution in [0, 0.1) is 17.3 Å². The predicted molar refractivity (Wildman–Crippen MR) is 94.5 cm³/mol. The lowest BCUT2D eigenvalue weighted by molar-refractivity contribution is 0.0494. The Labute approximate surface area is 142 Å². The van der Waals surface area contributed by atoms with Gasteiger partial charge in [0.15, 0.2) is 0 Å². The van der Waals surface area contributed by atoms with Gasteiger partial charge < -0.3 is 15.4 Å². The van der Waals surface area contributed by atoms with Gasteiger partial charge in [0.25, 0.3) is 0 Å². The molecule has 0 aromatic carbocycles. The van der Waals surface area contributed by atoms with Crippen LogP contribution in [0.25, 0.3) is 0 Å². The lowest BCUT2D eigenvalue weighted by atomic mass is 9.70. The summed E-state index contributed by atoms with van der Waals surface area (Å²) in [6.07, 6.45) is 5.94. The van der Waals surface area contributed by atoms with Crippen LogP contribution in [0.15, 0.2) is 0 Å². The highest BCUT2D eigenvalue weighted by molar-refractivity contribution is 5.68. The standard InChI is InChI=1S/C19H36N2O2/c1-13-11-19(5,6)10-9-15(13)20-12-16(14-7-8-14)21-17(22)23-18(2,3)4/h13-16,20H,7-12H2,1-6H3,(H,21,22). The van der Waals surface area contributed by atoms with Crippen molar-refractivity contribution in [3.63, 3.8) is 0 Å². The Hall–Kier alpha value is -0.770. The van der Waals surface area contributed by atoms with E-state index in [1.54, 1.807) is 0 Å². The van der Waals surface area contributed by atoms with Crippen molar-refractivity contribution >= 4 is 6.09 Å². The Morgan fingerprint density at radius 1 is 1.26 bits per heavy atom. The molecule has 4 heteroatoms. The molecule has 134 valence electrons. The maximum atomic E-state index is 12.0. The molecule has 2 N–H and O–H groups in total. The maximum absolute atomic E-state index is 12.0. The van der Waals surface area contributed by atoms with Gasteiger partial charge in [-0.25, -0.2) is 4.79 Å². The fourth-order valence-corrected chi connectivity index (χ4v) is 3.82. The molecule has 1 amide bonds. The molecule has 0 heterocycles. The van der Waals surface area contributed by atoms with E-state index in [4.69, 9.17) is 4.74 Å². The summed E-state index contributed by atoms with van der Waals surface area (Å²) in [5.41, 5.74) is 0.0390. The van der Waals surface area contributed by atoms with E-state index in [0.717, 1.165) is 6.54 Å². The molecule has 0 aromatic heterocycles. The molecule has 3 unspecified atom stereocenters. The molecule has 0 radical (unpaired) electrons. The van der Waals surface area contributed by atoms with Crippen LogP contribution in [0.5, 0.6) is 0 Å². The molecule has 23 heavy (non-hydrogen) atoms. The van der Waals surface area contributed by atoms with Crippen molar-refractivity contribution in [3.8, 4) is 0 Å². The molecule has 0 saturated heterocycles. The minimum Gasteiger partial charge on any atom is -0.444 e. The minimum atomic E-state index is -0.435. The predicted octanol–water partition coefficient (Wildman–Crippen LogP) is 4.09. The van der Waals surface area contributed by atoms with Gasteiger partial charge in [-0.15, -0.1) is 0 Å². The van der Waals surface area contributed by atoms with E-state index in [1.165, 1.54) is 32.1 Å². The molecule has 2 aliphatic rings. The summed E-state index contributed by atoms with van der Waals surface area (Å²) in [6, 6.07) is 0.775. The highest BCUT2D eigenvalue weighted by Gasteiger charge is 2.36. The molecule has 0 aromatic rings. The van der Waals surface area contributed by atoms with Gasteiger partial charge in [0.05, 0.1) is 0 Å². The van der Waals surface area contributed by atoms with Crippen LogP contribution >= 0.6 is 0 Å². The molecule has 2 aliphatic carbocycles. The first-order valence-electron chi connectivity index (χ1n) is 9.29. The topological polar surface area (TPSA) is 50.4 Å². The average Bonchev–Trinajstić information content (AvgIpc) is 3.17. The van der Waals surface area contributed by atoms with E-state index in [2.05, 4.69) is 31.4 Å². The third-order valence-corrected chi connectivity index (χ3v) is 5.19. The summed E-state index contributed by atoms with van der Waals surface area (Å²) >= 11 is 0. The molecule has 0 bridgehead atoms. The summed E-state index contributed by atoms with van der Waals surface area (Å²) in [5.74, 6) is 1.31. The van der Waals surface area contributed by atoms with Crippen LogP contribution in [-0.2, 0) is 4.74 Å². The third kappa shape index (κ3) is 6.33. The summed E-state index contributed by atoms with van der Waals surface area (Å²) in [5, 5.41) is 6.81. The van der Waals surface area contributed by atoms with E-state index >= 15 is 0 Å². The molecule has 3 atom stereocenters. The van der Waals surface area contributed by atoms with Crippen molar-refractivity contribution in [2.24, 2.45) is 17.3 Å². The van der Waals surface area contributed by atoms with Crippen LogP contribution in [0.4, 0.5) is 4.79 Å². The number of alkyl carbamates (subject to hydrolysis) is 1. The largest absolute Gasteiger partial charge is 0.444 e. The fourth-order valence-electron chi connectivity index (χ4n) is 3.82. The summed E-state index contributed by atoms with van der Waals surface area (Å²) in [7, 11) is 0. The second-order valence-electron chi connectivity index (χ2n) is 9.49. The second-order valence-corrected chi connectivity index (χ2v) is 9.49. The Balaban J connectivity index is 1.80. The van der Waals surface area contributed by atoms with Gasteiger partial charge in [-0.3, -0.25) is 0 Å². The van der Waals surface area contributed by atoms with E-state index in [9.17, 15) is 4.79 Å². The Morgan fingerprint density at radius 2 is 1.91 bits per heavy atom. The molecule has 4 nitrogen and oxygen atoms in total. The van der Waals surface area contributed by atoms with E-state index < -0.39 is 5.60 Å². The van der Waals surface area contributed by atoms with Gasteiger partial charge >= 0.3 is 6.09 Å². The highest BCUT2D eigenvalue weighted by Crippen LogP contribution is 2.39. The lowest BCUT2D eigenvalue weighted by Crippen LogP contribution is -2.50. The quantitative estimate of drug-likeness (QED) is 0.800. The van der Waals surface area contributed by atoms with Gasteiger partial charge in [-0.05, 0) is 70.1 Å². The Kier molecular flexibility index (Phi) is 5.65. The lowest BCUT2D eigenvalue weighted by Gasteiger charge is -2.40. The maximum Gasteiger partial charge on any atom is 0.407 e. The number of carbonyl (C=O) groups excluding carboxylic acids is 1. The van der Waals surface area contributed by atoms with Crippen LogP contribution in [0.2, 0.25) is 0 Å². The van der Waals surface area contributed by atoms with Crippen LogP contribution in [0.3, 0.4) is 0 Å². The number of carbonyl (C=O) groups is 1. The number of rotatable bonds is 5. The molecule has 2 rings (SSSR count). The van der Waals surface area contributed by atoms with Crippen molar-refractivity contribution in [1.29, 1.82) is 0 Å². The van der Waals surface area contributed by atoms with E-state index in [-0.39, 0.29) is 12.1 Å². The van der Waals surface area contributed by atoms with Crippen molar-refractivity contribution in [3.05, 3.63) is 0 Å². The molecule has 0 aliphatic heterocycles. The Morgan fingerprint density at radius 3 is 2.43 bits per heavy atom. The zero-order valence-electron chi connectivity index (χ0n) is 15.9. The van der Waals surface area contributed by atoms with Crippen molar-refractivity contribution in [2.45, 2.75) is 91.3 Å². The zero-order chi connectivity index (χ0) is 17.3. The SMILES string of the molecule is CC1CC(C)(C)CCC1NCC(NC(=O)OC(C)(C)C)C1CC1. The number of amides is 1. The van der Waals surface area contributed by atoms with Gasteiger partial charge in [0.1, 0.15) is 5.60 Å². The third-order valence-electron chi connectivity index (χ3n) is 5.19. The molecule has 2 fully saturated rings. The van der Waals surface area contributed by atoms with Crippen molar-refractivity contribution in [1.82, 2.24) is 10.6 Å². The van der Waals surface area contributed by atoms with Crippen LogP contribution < -0.4 is 10.6 Å². The van der Waals surface area contributed by atoms with Crippen LogP contribution in [-0.4, -0.2) is 30.3 Å². The highest BCUT2D eigenvalue weighted by atomic mass is 16.6. The fraction of sp³-hybridized carbons (Fsp3) is 0.947. The number of hydrogen-bond acceptors (Lipinski definition) is 3. The smallest absolute Gasteiger partial charge is 0.407 e. The van der Waals surface area contributed by atoms with Gasteiger partial charge in [0.2, 0.25) is 0 Å². The van der Waals surface area contributed by atoms with Gasteiger partial charge in [-0.1, -0.05) is 20.8 Å². The summed E-state index contributed by atoms with van der Waals surface area (Å²) < 4.78 is 5.41. The van der Waals surface area contributed by atoms with E-state index in [0.29, 0.717) is 23.3 Å². The first kappa shape index (κ1) is 18.6. The summed E-state index contributed by atoms with van der Waals surface area (Å²) in [4.78, 5) is 12.0.